The summed E-state index contributed by atoms with van der Waals surface area (Å²) in [5.41, 5.74) is 5.12. The molecular formula is C31H34N2O5. The number of aliphatic hydroxyl groups excluding tert-OH is 1. The van der Waals surface area contributed by atoms with Crippen LogP contribution in [-0.2, 0) is 0 Å². The minimum atomic E-state index is -0.630. The van der Waals surface area contributed by atoms with E-state index in [2.05, 4.69) is 41.8 Å². The molecule has 7 heteroatoms. The zero-order chi connectivity index (χ0) is 26.6. The first kappa shape index (κ1) is 25.8. The van der Waals surface area contributed by atoms with Gasteiger partial charge in [0.1, 0.15) is 36.1 Å². The summed E-state index contributed by atoms with van der Waals surface area (Å²) >= 11 is 0. The molecule has 0 spiro atoms. The van der Waals surface area contributed by atoms with Crippen LogP contribution in [0.25, 0.3) is 11.0 Å². The number of ether oxygens (including phenoxy) is 2. The fraction of sp³-hybridized carbons (Fsp3) is 0.323. The van der Waals surface area contributed by atoms with Crippen LogP contribution in [0.15, 0.2) is 76.1 Å². The first-order valence-electron chi connectivity index (χ1n) is 13.0. The molecule has 0 aliphatic carbocycles. The summed E-state index contributed by atoms with van der Waals surface area (Å²) in [5.74, 6) is 1.24. The highest BCUT2D eigenvalue weighted by Crippen LogP contribution is 2.26. The zero-order valence-corrected chi connectivity index (χ0v) is 22.1. The van der Waals surface area contributed by atoms with Gasteiger partial charge in [-0.15, -0.1) is 0 Å². The Hall–Kier alpha value is -3.81. The van der Waals surface area contributed by atoms with Gasteiger partial charge in [-0.2, -0.15) is 0 Å². The van der Waals surface area contributed by atoms with E-state index in [-0.39, 0.29) is 17.8 Å². The minimum Gasteiger partial charge on any atom is -0.491 e. The normalized spacial score (nSPS) is 15.0. The molecular weight excluding hydrogens is 480 g/mol. The van der Waals surface area contributed by atoms with Gasteiger partial charge in [-0.25, -0.2) is 0 Å². The summed E-state index contributed by atoms with van der Waals surface area (Å²) < 4.78 is 17.3. The number of fused-ring (bicyclic) bond motifs is 1. The molecule has 1 aliphatic heterocycles. The summed E-state index contributed by atoms with van der Waals surface area (Å²) in [4.78, 5) is 17.6. The van der Waals surface area contributed by atoms with Gasteiger partial charge >= 0.3 is 0 Å². The molecule has 4 aromatic rings. The molecule has 1 aliphatic rings. The number of piperazine rings is 1. The number of β-amino-alcohol motifs (C(OH)–C–C–N with tert-alkyl or cyclic N) is 1. The topological polar surface area (TPSA) is 75.4 Å². The molecule has 5 rings (SSSR count). The summed E-state index contributed by atoms with van der Waals surface area (Å²) in [6, 6.07) is 19.0. The summed E-state index contributed by atoms with van der Waals surface area (Å²) in [5, 5.41) is 11.0. The maximum absolute atomic E-state index is 12.9. The standard InChI is InChI=1S/C31H34N2O5/c1-21-6-4-8-26(16-21)38-30-20-37-29-17-25(10-11-27(29)31(30)35)36-19-24(34)18-32-12-14-33(15-13-32)28-9-5-7-22(2)23(28)3/h4-11,16-17,20,24,34H,12-15,18-19H2,1-3H3/t24-/m1/s1. The molecule has 0 radical (unpaired) electrons. The van der Waals surface area contributed by atoms with E-state index in [1.807, 2.05) is 25.1 Å². The van der Waals surface area contributed by atoms with Crippen molar-refractivity contribution in [2.45, 2.75) is 26.9 Å². The van der Waals surface area contributed by atoms with Crippen LogP contribution in [0.4, 0.5) is 5.69 Å². The Labute approximate surface area is 222 Å². The predicted molar refractivity (Wildman–Crippen MR) is 150 cm³/mol. The highest BCUT2D eigenvalue weighted by atomic mass is 16.5. The third kappa shape index (κ3) is 5.85. The highest BCUT2D eigenvalue weighted by molar-refractivity contribution is 5.79. The van der Waals surface area contributed by atoms with Crippen molar-refractivity contribution in [1.82, 2.24) is 4.90 Å². The van der Waals surface area contributed by atoms with E-state index in [1.165, 1.54) is 23.1 Å². The Kier molecular flexibility index (Phi) is 7.67. The van der Waals surface area contributed by atoms with Crippen LogP contribution in [0, 0.1) is 20.8 Å². The van der Waals surface area contributed by atoms with Crippen molar-refractivity contribution in [2.75, 3.05) is 44.2 Å². The van der Waals surface area contributed by atoms with Crippen molar-refractivity contribution in [3.05, 3.63) is 93.8 Å². The fourth-order valence-electron chi connectivity index (χ4n) is 4.85. The van der Waals surface area contributed by atoms with Gasteiger partial charge in [-0.3, -0.25) is 9.69 Å². The van der Waals surface area contributed by atoms with Crippen LogP contribution in [0.3, 0.4) is 0 Å². The first-order valence-corrected chi connectivity index (χ1v) is 13.0. The fourth-order valence-corrected chi connectivity index (χ4v) is 4.85. The lowest BCUT2D eigenvalue weighted by atomic mass is 10.1. The van der Waals surface area contributed by atoms with Crippen molar-refractivity contribution < 1.29 is 19.0 Å². The number of anilines is 1. The molecule has 1 saturated heterocycles. The van der Waals surface area contributed by atoms with Gasteiger partial charge in [0.25, 0.3) is 0 Å². The number of nitrogens with zero attached hydrogens (tertiary/aromatic N) is 2. The Morgan fingerprint density at radius 1 is 0.947 bits per heavy atom. The monoisotopic (exact) mass is 514 g/mol. The van der Waals surface area contributed by atoms with Gasteiger partial charge in [0, 0.05) is 44.5 Å². The molecule has 38 heavy (non-hydrogen) atoms. The molecule has 0 amide bonds. The van der Waals surface area contributed by atoms with Gasteiger partial charge in [0.15, 0.2) is 0 Å². The van der Waals surface area contributed by atoms with Gasteiger partial charge in [0.05, 0.1) is 5.39 Å². The van der Waals surface area contributed by atoms with Crippen LogP contribution in [0.5, 0.6) is 17.2 Å². The van der Waals surface area contributed by atoms with E-state index in [9.17, 15) is 9.90 Å². The van der Waals surface area contributed by atoms with E-state index in [0.29, 0.717) is 29.0 Å². The number of hydrogen-bond donors (Lipinski definition) is 1. The lowest BCUT2D eigenvalue weighted by Crippen LogP contribution is -2.49. The average Bonchev–Trinajstić information content (AvgIpc) is 2.91. The van der Waals surface area contributed by atoms with E-state index >= 15 is 0 Å². The molecule has 2 heterocycles. The van der Waals surface area contributed by atoms with E-state index in [0.717, 1.165) is 31.7 Å². The van der Waals surface area contributed by atoms with Crippen LogP contribution >= 0.6 is 0 Å². The molecule has 198 valence electrons. The van der Waals surface area contributed by atoms with Gasteiger partial charge in [-0.1, -0.05) is 24.3 Å². The van der Waals surface area contributed by atoms with Gasteiger partial charge in [-0.05, 0) is 67.8 Å². The maximum atomic E-state index is 12.9. The predicted octanol–water partition coefficient (Wildman–Crippen LogP) is 5.07. The summed E-state index contributed by atoms with van der Waals surface area (Å²) in [7, 11) is 0. The molecule has 0 bridgehead atoms. The molecule has 0 saturated carbocycles. The van der Waals surface area contributed by atoms with E-state index in [4.69, 9.17) is 13.9 Å². The van der Waals surface area contributed by atoms with Crippen LogP contribution in [0.1, 0.15) is 16.7 Å². The van der Waals surface area contributed by atoms with E-state index < -0.39 is 6.10 Å². The highest BCUT2D eigenvalue weighted by Gasteiger charge is 2.21. The third-order valence-corrected chi connectivity index (χ3v) is 7.13. The molecule has 0 unspecified atom stereocenters. The Bertz CT molecular complexity index is 1470. The number of hydrogen-bond acceptors (Lipinski definition) is 7. The Morgan fingerprint density at radius 3 is 2.53 bits per heavy atom. The molecule has 1 atom stereocenters. The molecule has 7 nitrogen and oxygen atoms in total. The van der Waals surface area contributed by atoms with Crippen LogP contribution in [0.2, 0.25) is 0 Å². The molecule has 1 fully saturated rings. The lowest BCUT2D eigenvalue weighted by molar-refractivity contribution is 0.0663. The summed E-state index contributed by atoms with van der Waals surface area (Å²) in [6.45, 7) is 10.6. The molecule has 1 N–H and O–H groups in total. The van der Waals surface area contributed by atoms with Crippen molar-refractivity contribution >= 4 is 16.7 Å². The number of benzene rings is 3. The van der Waals surface area contributed by atoms with Crippen LogP contribution in [-0.4, -0.2) is 55.4 Å². The second-order valence-electron chi connectivity index (χ2n) is 9.98. The SMILES string of the molecule is Cc1cccc(Oc2coc3cc(OC[C@H](O)CN4CCN(c5cccc(C)c5C)CC4)ccc3c2=O)c1. The lowest BCUT2D eigenvalue weighted by Gasteiger charge is -2.37. The maximum Gasteiger partial charge on any atom is 0.235 e. The van der Waals surface area contributed by atoms with Crippen molar-refractivity contribution in [3.8, 4) is 17.2 Å². The molecule has 3 aromatic carbocycles. The largest absolute Gasteiger partial charge is 0.491 e. The minimum absolute atomic E-state index is 0.129. The number of aliphatic hydroxyl groups is 1. The Morgan fingerprint density at radius 2 is 1.74 bits per heavy atom. The van der Waals surface area contributed by atoms with Crippen molar-refractivity contribution in [1.29, 1.82) is 0 Å². The second-order valence-corrected chi connectivity index (χ2v) is 9.98. The first-order chi connectivity index (χ1) is 18.4. The number of aryl methyl sites for hydroxylation is 2. The van der Waals surface area contributed by atoms with Crippen molar-refractivity contribution in [2.24, 2.45) is 0 Å². The summed E-state index contributed by atoms with van der Waals surface area (Å²) in [6.07, 6.45) is 0.693. The quantitative estimate of drug-likeness (QED) is 0.352. The third-order valence-electron chi connectivity index (χ3n) is 7.13. The smallest absolute Gasteiger partial charge is 0.235 e. The second kappa shape index (κ2) is 11.3. The number of rotatable bonds is 8. The average molecular weight is 515 g/mol. The Balaban J connectivity index is 1.14. The van der Waals surface area contributed by atoms with Gasteiger partial charge < -0.3 is 23.9 Å². The van der Waals surface area contributed by atoms with Crippen LogP contribution < -0.4 is 19.8 Å². The van der Waals surface area contributed by atoms with Gasteiger partial charge in [0.2, 0.25) is 11.2 Å². The van der Waals surface area contributed by atoms with E-state index in [1.54, 1.807) is 24.3 Å². The molecule has 1 aromatic heterocycles. The zero-order valence-electron chi connectivity index (χ0n) is 22.1. The van der Waals surface area contributed by atoms with Crippen molar-refractivity contribution in [3.63, 3.8) is 0 Å².